The van der Waals surface area contributed by atoms with Crippen LogP contribution in [-0.2, 0) is 11.3 Å². The molecule has 0 unspecified atom stereocenters. The van der Waals surface area contributed by atoms with Crippen LogP contribution < -0.4 is 0 Å². The fraction of sp³-hybridized carbons (Fsp3) is 0.471. The van der Waals surface area contributed by atoms with Crippen LogP contribution in [0.2, 0.25) is 0 Å². The maximum absolute atomic E-state index is 10.6. The van der Waals surface area contributed by atoms with Gasteiger partial charge in [-0.1, -0.05) is 38.1 Å². The number of rotatable bonds is 4. The van der Waals surface area contributed by atoms with Crippen LogP contribution >= 0.6 is 11.8 Å². The minimum atomic E-state index is -0.910. The third-order valence-electron chi connectivity index (χ3n) is 3.71. The molecule has 1 N–H and O–H groups in total. The van der Waals surface area contributed by atoms with Crippen molar-refractivity contribution in [2.24, 2.45) is 0 Å². The van der Waals surface area contributed by atoms with E-state index in [4.69, 9.17) is 5.11 Å². The van der Waals surface area contributed by atoms with E-state index in [1.165, 1.54) is 23.8 Å². The summed E-state index contributed by atoms with van der Waals surface area (Å²) in [6, 6.07) is 8.11. The summed E-state index contributed by atoms with van der Waals surface area (Å²) in [6.45, 7) is 7.81. The Hall–Kier alpha value is -1.26. The molecule has 0 amide bonds. The third-order valence-corrected chi connectivity index (χ3v) is 5.08. The quantitative estimate of drug-likeness (QED) is 0.864. The SMILES string of the molecule is CC1(C)CCN(Cc2cccc(/C=C/C(=O)O)c2)CCS1. The van der Waals surface area contributed by atoms with E-state index in [1.54, 1.807) is 6.08 Å². The summed E-state index contributed by atoms with van der Waals surface area (Å²) in [6.07, 6.45) is 4.04. The van der Waals surface area contributed by atoms with Gasteiger partial charge in [0.1, 0.15) is 0 Å². The van der Waals surface area contributed by atoms with Crippen LogP contribution in [0.1, 0.15) is 31.4 Å². The van der Waals surface area contributed by atoms with Gasteiger partial charge in [-0.15, -0.1) is 0 Å². The Balaban J connectivity index is 1.99. The van der Waals surface area contributed by atoms with Crippen LogP contribution in [0.4, 0.5) is 0 Å². The molecule has 0 atom stereocenters. The summed E-state index contributed by atoms with van der Waals surface area (Å²) in [5, 5.41) is 8.69. The van der Waals surface area contributed by atoms with Crippen LogP contribution in [0.5, 0.6) is 0 Å². The number of carboxylic acid groups (broad SMARTS) is 1. The molecule has 1 aromatic carbocycles. The molecule has 0 aliphatic carbocycles. The molecule has 1 aliphatic rings. The number of carbonyl (C=O) groups is 1. The molecule has 0 aromatic heterocycles. The maximum Gasteiger partial charge on any atom is 0.328 e. The molecular weight excluding hydrogens is 282 g/mol. The summed E-state index contributed by atoms with van der Waals surface area (Å²) in [5.41, 5.74) is 2.19. The molecule has 114 valence electrons. The molecular formula is C17H23NO2S. The number of benzene rings is 1. The maximum atomic E-state index is 10.6. The number of nitrogens with zero attached hydrogens (tertiary/aromatic N) is 1. The Morgan fingerprint density at radius 2 is 2.24 bits per heavy atom. The van der Waals surface area contributed by atoms with E-state index in [-0.39, 0.29) is 0 Å². The summed E-state index contributed by atoms with van der Waals surface area (Å²) >= 11 is 2.05. The predicted molar refractivity (Wildman–Crippen MR) is 89.5 cm³/mol. The first-order chi connectivity index (χ1) is 9.94. The number of carboxylic acids is 1. The van der Waals surface area contributed by atoms with Crippen molar-refractivity contribution in [2.75, 3.05) is 18.8 Å². The van der Waals surface area contributed by atoms with Gasteiger partial charge in [0.15, 0.2) is 0 Å². The highest BCUT2D eigenvalue weighted by atomic mass is 32.2. The third kappa shape index (κ3) is 5.56. The molecule has 4 heteroatoms. The second kappa shape index (κ2) is 7.14. The monoisotopic (exact) mass is 305 g/mol. The van der Waals surface area contributed by atoms with Crippen LogP contribution in [0.3, 0.4) is 0 Å². The average Bonchev–Trinajstić information content (AvgIpc) is 2.58. The zero-order valence-electron chi connectivity index (χ0n) is 12.7. The van der Waals surface area contributed by atoms with Crippen LogP contribution in [0.15, 0.2) is 30.3 Å². The first kappa shape index (κ1) is 16.1. The Bertz CT molecular complexity index is 525. The van der Waals surface area contributed by atoms with Gasteiger partial charge in [-0.25, -0.2) is 4.79 Å². The zero-order chi connectivity index (χ0) is 15.3. The molecule has 2 rings (SSSR count). The van der Waals surface area contributed by atoms with Crippen molar-refractivity contribution in [1.82, 2.24) is 4.90 Å². The largest absolute Gasteiger partial charge is 0.478 e. The second-order valence-electron chi connectivity index (χ2n) is 6.05. The molecule has 21 heavy (non-hydrogen) atoms. The number of hydrogen-bond acceptors (Lipinski definition) is 3. The minimum absolute atomic E-state index is 0.376. The Morgan fingerprint density at radius 1 is 1.43 bits per heavy atom. The van der Waals surface area contributed by atoms with Crippen molar-refractivity contribution in [3.8, 4) is 0 Å². The summed E-state index contributed by atoms with van der Waals surface area (Å²) in [5.74, 6) is 0.262. The van der Waals surface area contributed by atoms with E-state index in [0.717, 1.165) is 25.2 Å². The molecule has 0 radical (unpaired) electrons. The molecule has 3 nitrogen and oxygen atoms in total. The summed E-state index contributed by atoms with van der Waals surface area (Å²) < 4.78 is 0.376. The average molecular weight is 305 g/mol. The number of hydrogen-bond donors (Lipinski definition) is 1. The van der Waals surface area contributed by atoms with Crippen LogP contribution in [-0.4, -0.2) is 39.6 Å². The molecule has 1 heterocycles. The topological polar surface area (TPSA) is 40.5 Å². The van der Waals surface area contributed by atoms with E-state index in [2.05, 4.69) is 42.6 Å². The Morgan fingerprint density at radius 3 is 3.00 bits per heavy atom. The smallest absolute Gasteiger partial charge is 0.328 e. The lowest BCUT2D eigenvalue weighted by molar-refractivity contribution is -0.131. The van der Waals surface area contributed by atoms with Crippen LogP contribution in [0, 0.1) is 0 Å². The van der Waals surface area contributed by atoms with E-state index >= 15 is 0 Å². The normalized spacial score (nSPS) is 19.5. The van der Waals surface area contributed by atoms with E-state index < -0.39 is 5.97 Å². The Kier molecular flexibility index (Phi) is 5.48. The lowest BCUT2D eigenvalue weighted by Crippen LogP contribution is -2.26. The van der Waals surface area contributed by atoms with Crippen molar-refractivity contribution in [2.45, 2.75) is 31.6 Å². The van der Waals surface area contributed by atoms with Gasteiger partial charge in [-0.2, -0.15) is 11.8 Å². The molecule has 0 bridgehead atoms. The fourth-order valence-corrected chi connectivity index (χ4v) is 3.58. The molecule has 0 spiro atoms. The molecule has 1 aliphatic heterocycles. The van der Waals surface area contributed by atoms with Gasteiger partial charge >= 0.3 is 5.97 Å². The first-order valence-electron chi connectivity index (χ1n) is 7.31. The fourth-order valence-electron chi connectivity index (χ4n) is 2.44. The highest BCUT2D eigenvalue weighted by Crippen LogP contribution is 2.31. The van der Waals surface area contributed by atoms with Crippen molar-refractivity contribution < 1.29 is 9.90 Å². The molecule has 1 fully saturated rings. The first-order valence-corrected chi connectivity index (χ1v) is 8.29. The zero-order valence-corrected chi connectivity index (χ0v) is 13.5. The van der Waals surface area contributed by atoms with Gasteiger partial charge in [-0.05, 0) is 30.2 Å². The number of aliphatic carboxylic acids is 1. The van der Waals surface area contributed by atoms with Gasteiger partial charge in [0.05, 0.1) is 0 Å². The second-order valence-corrected chi connectivity index (χ2v) is 7.85. The van der Waals surface area contributed by atoms with Crippen molar-refractivity contribution >= 4 is 23.8 Å². The Labute approximate surface area is 131 Å². The van der Waals surface area contributed by atoms with Crippen LogP contribution in [0.25, 0.3) is 6.08 Å². The van der Waals surface area contributed by atoms with Crippen molar-refractivity contribution in [1.29, 1.82) is 0 Å². The minimum Gasteiger partial charge on any atom is -0.478 e. The van der Waals surface area contributed by atoms with E-state index in [0.29, 0.717) is 4.75 Å². The highest BCUT2D eigenvalue weighted by Gasteiger charge is 2.23. The summed E-state index contributed by atoms with van der Waals surface area (Å²) in [7, 11) is 0. The van der Waals surface area contributed by atoms with E-state index in [1.807, 2.05) is 12.1 Å². The highest BCUT2D eigenvalue weighted by molar-refractivity contribution is 8.00. The lowest BCUT2D eigenvalue weighted by Gasteiger charge is -2.22. The van der Waals surface area contributed by atoms with Gasteiger partial charge in [-0.3, -0.25) is 4.90 Å². The summed E-state index contributed by atoms with van der Waals surface area (Å²) in [4.78, 5) is 13.1. The van der Waals surface area contributed by atoms with Gasteiger partial charge < -0.3 is 5.11 Å². The van der Waals surface area contributed by atoms with Crippen molar-refractivity contribution in [3.63, 3.8) is 0 Å². The van der Waals surface area contributed by atoms with Gasteiger partial charge in [0.25, 0.3) is 0 Å². The predicted octanol–water partition coefficient (Wildman–Crippen LogP) is 3.50. The van der Waals surface area contributed by atoms with Gasteiger partial charge in [0, 0.05) is 29.7 Å². The standard InChI is InChI=1S/C17H23NO2S/c1-17(2)8-9-18(10-11-21-17)13-15-5-3-4-14(12-15)6-7-16(19)20/h3-7,12H,8-11,13H2,1-2H3,(H,19,20)/b7-6+. The lowest BCUT2D eigenvalue weighted by atomic mass is 10.1. The molecule has 1 saturated heterocycles. The number of thioether (sulfide) groups is 1. The molecule has 1 aromatic rings. The van der Waals surface area contributed by atoms with E-state index in [9.17, 15) is 4.79 Å². The molecule has 0 saturated carbocycles. The van der Waals surface area contributed by atoms with Gasteiger partial charge in [0.2, 0.25) is 0 Å². The van der Waals surface area contributed by atoms with Crippen molar-refractivity contribution in [3.05, 3.63) is 41.5 Å².